The van der Waals surface area contributed by atoms with Crippen LogP contribution in [0.2, 0.25) is 0 Å². The van der Waals surface area contributed by atoms with Gasteiger partial charge in [0.2, 0.25) is 0 Å². The molecule has 1 atom stereocenters. The maximum atomic E-state index is 12.2. The van der Waals surface area contributed by atoms with Crippen LogP contribution in [0.1, 0.15) is 39.3 Å². The zero-order chi connectivity index (χ0) is 16.7. The lowest BCUT2D eigenvalue weighted by atomic mass is 9.93. The molecule has 2 aliphatic rings. The molecular weight excluding hydrogens is 310 g/mol. The molecule has 0 spiro atoms. The Kier molecular flexibility index (Phi) is 3.41. The van der Waals surface area contributed by atoms with E-state index in [4.69, 9.17) is 4.84 Å². The third kappa shape index (κ3) is 2.38. The molecule has 1 aromatic carbocycles. The lowest BCUT2D eigenvalue weighted by Crippen LogP contribution is -2.33. The smallest absolute Gasteiger partial charge is 0.333 e. The van der Waals surface area contributed by atoms with Crippen LogP contribution in [0.5, 0.6) is 0 Å². The third-order valence-electron chi connectivity index (χ3n) is 4.48. The zero-order valence-electron chi connectivity index (χ0n) is 12.8. The summed E-state index contributed by atoms with van der Waals surface area (Å²) in [6.45, 7) is 0.806. The average Bonchev–Trinajstić information content (AvgIpc) is 3.14. The average molecular weight is 325 g/mol. The van der Waals surface area contributed by atoms with Gasteiger partial charge in [-0.2, -0.15) is 0 Å². The van der Waals surface area contributed by atoms with E-state index in [0.717, 1.165) is 25.1 Å². The molecule has 7 nitrogen and oxygen atoms in total. The fourth-order valence-electron chi connectivity index (χ4n) is 3.24. The Bertz CT molecular complexity index is 807. The molecule has 0 N–H and O–H groups in total. The van der Waals surface area contributed by atoms with Crippen molar-refractivity contribution in [2.24, 2.45) is 5.92 Å². The van der Waals surface area contributed by atoms with Gasteiger partial charge in [-0.05, 0) is 30.9 Å². The van der Waals surface area contributed by atoms with Crippen LogP contribution in [0.4, 0.5) is 0 Å². The monoisotopic (exact) mass is 325 g/mol. The largest absolute Gasteiger partial charge is 0.335 e. The van der Waals surface area contributed by atoms with E-state index < -0.39 is 17.8 Å². The van der Waals surface area contributed by atoms with Crippen LogP contribution in [0.3, 0.4) is 0 Å². The number of carbonyl (C=O) groups is 3. The first kappa shape index (κ1) is 14.6. The quantitative estimate of drug-likeness (QED) is 0.801. The molecule has 1 unspecified atom stereocenters. The number of amides is 2. The van der Waals surface area contributed by atoms with Crippen LogP contribution >= 0.6 is 0 Å². The number of fused-ring (bicyclic) bond motifs is 2. The number of nitrogens with zero attached hydrogens (tertiary/aromatic N) is 3. The summed E-state index contributed by atoms with van der Waals surface area (Å²) in [6, 6.07) is 6.43. The summed E-state index contributed by atoms with van der Waals surface area (Å²) in [4.78, 5) is 45.7. The number of imidazole rings is 1. The molecule has 2 aliphatic heterocycles. The number of imide groups is 1. The number of aryl methyl sites for hydroxylation is 1. The van der Waals surface area contributed by atoms with Crippen molar-refractivity contribution in [1.82, 2.24) is 14.6 Å². The summed E-state index contributed by atoms with van der Waals surface area (Å²) in [5.41, 5.74) is 1.61. The number of hydrogen-bond acceptors (Lipinski definition) is 5. The van der Waals surface area contributed by atoms with E-state index in [0.29, 0.717) is 5.06 Å². The molecule has 0 fully saturated rings. The highest BCUT2D eigenvalue weighted by atomic mass is 16.7. The normalized spacial score (nSPS) is 19.2. The topological polar surface area (TPSA) is 81.5 Å². The number of rotatable bonds is 3. The zero-order valence-corrected chi connectivity index (χ0v) is 12.8. The summed E-state index contributed by atoms with van der Waals surface area (Å²) in [6.07, 6.45) is 5.31. The van der Waals surface area contributed by atoms with Gasteiger partial charge in [-0.3, -0.25) is 9.59 Å². The van der Waals surface area contributed by atoms with Gasteiger partial charge in [0, 0.05) is 18.4 Å². The van der Waals surface area contributed by atoms with E-state index in [1.54, 1.807) is 36.8 Å². The maximum Gasteiger partial charge on any atom is 0.333 e. The number of hydrogen-bond donors (Lipinski definition) is 0. The van der Waals surface area contributed by atoms with Crippen LogP contribution < -0.4 is 0 Å². The summed E-state index contributed by atoms with van der Waals surface area (Å²) >= 11 is 0. The number of benzene rings is 1. The predicted molar refractivity (Wildman–Crippen MR) is 81.7 cm³/mol. The summed E-state index contributed by atoms with van der Waals surface area (Å²) in [5.74, 6) is -1.63. The first-order valence-corrected chi connectivity index (χ1v) is 7.81. The summed E-state index contributed by atoms with van der Waals surface area (Å²) in [7, 11) is 0. The molecule has 0 bridgehead atoms. The molecule has 0 saturated carbocycles. The molecule has 4 rings (SSSR count). The van der Waals surface area contributed by atoms with Crippen LogP contribution in [-0.4, -0.2) is 32.4 Å². The van der Waals surface area contributed by atoms with Gasteiger partial charge >= 0.3 is 5.97 Å². The third-order valence-corrected chi connectivity index (χ3v) is 4.48. The number of hydroxylamine groups is 2. The highest BCUT2D eigenvalue weighted by Gasteiger charge is 2.38. The molecule has 0 saturated heterocycles. The second-order valence-corrected chi connectivity index (χ2v) is 6.05. The van der Waals surface area contributed by atoms with Gasteiger partial charge < -0.3 is 9.40 Å². The standard InChI is InChI=1S/C17H15N3O4/c21-15(8-11-5-6-19-10-18-9-12(19)7-11)24-20-16(22)13-3-1-2-4-14(13)17(20)23/h1-4,9-11H,5-8H2. The predicted octanol–water partition coefficient (Wildman–Crippen LogP) is 1.59. The highest BCUT2D eigenvalue weighted by Crippen LogP contribution is 2.26. The second-order valence-electron chi connectivity index (χ2n) is 6.05. The minimum atomic E-state index is -0.592. The van der Waals surface area contributed by atoms with Crippen molar-refractivity contribution in [3.8, 4) is 0 Å². The van der Waals surface area contributed by atoms with E-state index in [-0.39, 0.29) is 23.5 Å². The Hall–Kier alpha value is -2.96. The van der Waals surface area contributed by atoms with Crippen molar-refractivity contribution >= 4 is 17.8 Å². The molecule has 24 heavy (non-hydrogen) atoms. The van der Waals surface area contributed by atoms with E-state index in [1.165, 1.54) is 0 Å². The lowest BCUT2D eigenvalue weighted by Gasteiger charge is -2.23. The summed E-state index contributed by atoms with van der Waals surface area (Å²) < 4.78 is 2.06. The molecule has 0 aliphatic carbocycles. The molecular formula is C17H15N3O4. The molecule has 2 amide bonds. The Morgan fingerprint density at radius 2 is 1.92 bits per heavy atom. The molecule has 1 aromatic heterocycles. The SMILES string of the molecule is O=C(CC1CCn2cncc2C1)ON1C(=O)c2ccccc2C1=O. The Morgan fingerprint density at radius 1 is 1.21 bits per heavy atom. The fourth-order valence-corrected chi connectivity index (χ4v) is 3.24. The Morgan fingerprint density at radius 3 is 2.62 bits per heavy atom. The number of aromatic nitrogens is 2. The number of carbonyl (C=O) groups excluding carboxylic acids is 3. The Labute approximate surface area is 137 Å². The molecule has 0 radical (unpaired) electrons. The lowest BCUT2D eigenvalue weighted by molar-refractivity contribution is -0.169. The van der Waals surface area contributed by atoms with Gasteiger partial charge in [0.15, 0.2) is 0 Å². The van der Waals surface area contributed by atoms with E-state index in [9.17, 15) is 14.4 Å². The fraction of sp³-hybridized carbons (Fsp3) is 0.294. The van der Waals surface area contributed by atoms with Gasteiger partial charge in [0.1, 0.15) is 0 Å². The minimum absolute atomic E-state index is 0.122. The van der Waals surface area contributed by atoms with E-state index >= 15 is 0 Å². The molecule has 122 valence electrons. The van der Waals surface area contributed by atoms with Gasteiger partial charge in [0.05, 0.1) is 23.9 Å². The van der Waals surface area contributed by atoms with E-state index in [2.05, 4.69) is 9.55 Å². The summed E-state index contributed by atoms with van der Waals surface area (Å²) in [5, 5.41) is 0.570. The van der Waals surface area contributed by atoms with E-state index in [1.807, 2.05) is 0 Å². The molecule has 2 aromatic rings. The van der Waals surface area contributed by atoms with Crippen molar-refractivity contribution in [2.45, 2.75) is 25.8 Å². The Balaban J connectivity index is 1.41. The first-order chi connectivity index (χ1) is 11.6. The van der Waals surface area contributed by atoms with Crippen molar-refractivity contribution in [2.75, 3.05) is 0 Å². The van der Waals surface area contributed by atoms with Gasteiger partial charge in [-0.15, -0.1) is 0 Å². The highest BCUT2D eigenvalue weighted by molar-refractivity contribution is 6.20. The molecule has 7 heteroatoms. The van der Waals surface area contributed by atoms with Crippen LogP contribution in [-0.2, 0) is 22.6 Å². The van der Waals surface area contributed by atoms with Crippen LogP contribution in [0.25, 0.3) is 0 Å². The molecule has 3 heterocycles. The maximum absolute atomic E-state index is 12.2. The van der Waals surface area contributed by atoms with Crippen molar-refractivity contribution < 1.29 is 19.2 Å². The van der Waals surface area contributed by atoms with Gasteiger partial charge in [0.25, 0.3) is 11.8 Å². The van der Waals surface area contributed by atoms with Crippen molar-refractivity contribution in [1.29, 1.82) is 0 Å². The van der Waals surface area contributed by atoms with Gasteiger partial charge in [-0.25, -0.2) is 9.78 Å². The first-order valence-electron chi connectivity index (χ1n) is 7.81. The van der Waals surface area contributed by atoms with Crippen LogP contribution in [0.15, 0.2) is 36.8 Å². The minimum Gasteiger partial charge on any atom is -0.335 e. The van der Waals surface area contributed by atoms with Gasteiger partial charge in [-0.1, -0.05) is 17.2 Å². The second kappa shape index (κ2) is 5.59. The van der Waals surface area contributed by atoms with Crippen LogP contribution in [0, 0.1) is 5.92 Å². The van der Waals surface area contributed by atoms with Crippen molar-refractivity contribution in [3.05, 3.63) is 53.6 Å². The van der Waals surface area contributed by atoms with Crippen molar-refractivity contribution in [3.63, 3.8) is 0 Å².